The number of thioether (sulfide) groups is 1. The van der Waals surface area contributed by atoms with Gasteiger partial charge in [0.1, 0.15) is 11.6 Å². The molecule has 0 radical (unpaired) electrons. The third kappa shape index (κ3) is 6.93. The van der Waals surface area contributed by atoms with Gasteiger partial charge in [-0.1, -0.05) is 43.3 Å². The molecule has 2 aromatic carbocycles. The standard InChI is InChI=1S/C22H23ClN6O5S/c1-12(2)19(25-21(31)13-5-4-6-15(9-13)29(32)33)20-26-22(28-27-20)35-11-18(30)24-16-10-14(23)7-8-17(16)34-3/h4-10,12,19H,11H2,1-3H3,(H,24,30)(H,25,31)(H,26,27,28)/t19-/m1/s1. The van der Waals surface area contributed by atoms with Crippen molar-refractivity contribution in [3.05, 3.63) is 69.0 Å². The molecule has 35 heavy (non-hydrogen) atoms. The van der Waals surface area contributed by atoms with Gasteiger partial charge in [0.2, 0.25) is 11.1 Å². The predicted molar refractivity (Wildman–Crippen MR) is 132 cm³/mol. The van der Waals surface area contributed by atoms with Gasteiger partial charge in [-0.3, -0.25) is 24.8 Å². The molecule has 1 heterocycles. The second-order valence-corrected chi connectivity index (χ2v) is 9.07. The third-order valence-corrected chi connectivity index (χ3v) is 5.90. The van der Waals surface area contributed by atoms with E-state index in [9.17, 15) is 19.7 Å². The molecule has 0 saturated carbocycles. The second kappa shape index (κ2) is 11.7. The molecule has 0 saturated heterocycles. The number of aromatic amines is 1. The number of methoxy groups -OCH3 is 1. The molecule has 0 fully saturated rings. The van der Waals surface area contributed by atoms with Gasteiger partial charge in [0.25, 0.3) is 11.6 Å². The lowest BCUT2D eigenvalue weighted by molar-refractivity contribution is -0.384. The van der Waals surface area contributed by atoms with Crippen molar-refractivity contribution in [1.82, 2.24) is 20.5 Å². The van der Waals surface area contributed by atoms with Crippen LogP contribution in [0.1, 0.15) is 36.1 Å². The van der Waals surface area contributed by atoms with E-state index in [1.54, 1.807) is 18.2 Å². The Kier molecular flexibility index (Phi) is 8.66. The molecule has 13 heteroatoms. The SMILES string of the molecule is COc1ccc(Cl)cc1NC(=O)CSc1n[nH]c([C@H](NC(=O)c2cccc([N+](=O)[O-])c2)C(C)C)n1. The van der Waals surface area contributed by atoms with Gasteiger partial charge < -0.3 is 15.4 Å². The zero-order chi connectivity index (χ0) is 25.5. The van der Waals surface area contributed by atoms with E-state index in [2.05, 4.69) is 25.8 Å². The normalized spacial score (nSPS) is 11.7. The first-order chi connectivity index (χ1) is 16.7. The van der Waals surface area contributed by atoms with Crippen LogP contribution in [0.3, 0.4) is 0 Å². The predicted octanol–water partition coefficient (Wildman–Crippen LogP) is 4.23. The molecular weight excluding hydrogens is 496 g/mol. The van der Waals surface area contributed by atoms with Crippen LogP contribution in [0.5, 0.6) is 5.75 Å². The van der Waals surface area contributed by atoms with Crippen LogP contribution < -0.4 is 15.4 Å². The minimum Gasteiger partial charge on any atom is -0.495 e. The molecule has 1 aromatic heterocycles. The number of benzene rings is 2. The van der Waals surface area contributed by atoms with Gasteiger partial charge in [0, 0.05) is 22.7 Å². The molecule has 0 spiro atoms. The number of rotatable bonds is 10. The smallest absolute Gasteiger partial charge is 0.270 e. The Morgan fingerprint density at radius 1 is 1.26 bits per heavy atom. The zero-order valence-corrected chi connectivity index (χ0v) is 20.6. The molecule has 11 nitrogen and oxygen atoms in total. The lowest BCUT2D eigenvalue weighted by atomic mass is 10.0. The Morgan fingerprint density at radius 2 is 2.03 bits per heavy atom. The van der Waals surface area contributed by atoms with E-state index in [-0.39, 0.29) is 28.8 Å². The maximum Gasteiger partial charge on any atom is 0.270 e. The largest absolute Gasteiger partial charge is 0.495 e. The van der Waals surface area contributed by atoms with Crippen LogP contribution in [0.2, 0.25) is 5.02 Å². The maximum absolute atomic E-state index is 12.7. The Labute approximate surface area is 210 Å². The highest BCUT2D eigenvalue weighted by molar-refractivity contribution is 7.99. The minimum absolute atomic E-state index is 0.0271. The summed E-state index contributed by atoms with van der Waals surface area (Å²) in [5.41, 5.74) is 0.433. The number of aromatic nitrogens is 3. The number of nitrogens with zero attached hydrogens (tertiary/aromatic N) is 3. The Morgan fingerprint density at radius 3 is 2.71 bits per heavy atom. The third-order valence-electron chi connectivity index (χ3n) is 4.82. The summed E-state index contributed by atoms with van der Waals surface area (Å²) in [5.74, 6) is 0.0564. The minimum atomic E-state index is -0.560. The van der Waals surface area contributed by atoms with Crippen molar-refractivity contribution >= 4 is 46.6 Å². The van der Waals surface area contributed by atoms with Crippen molar-refractivity contribution in [3.63, 3.8) is 0 Å². The van der Waals surface area contributed by atoms with Crippen molar-refractivity contribution in [3.8, 4) is 5.75 Å². The van der Waals surface area contributed by atoms with Gasteiger partial charge in [-0.05, 0) is 30.2 Å². The van der Waals surface area contributed by atoms with Crippen LogP contribution in [0.15, 0.2) is 47.6 Å². The number of carbonyl (C=O) groups excluding carboxylic acids is 2. The number of anilines is 1. The van der Waals surface area contributed by atoms with Crippen LogP contribution in [0.25, 0.3) is 0 Å². The molecule has 184 valence electrons. The van der Waals surface area contributed by atoms with Crippen molar-refractivity contribution in [2.24, 2.45) is 5.92 Å². The summed E-state index contributed by atoms with van der Waals surface area (Å²) >= 11 is 7.10. The number of H-pyrrole nitrogens is 1. The van der Waals surface area contributed by atoms with Gasteiger partial charge >= 0.3 is 0 Å². The highest BCUT2D eigenvalue weighted by atomic mass is 35.5. The summed E-state index contributed by atoms with van der Waals surface area (Å²) in [4.78, 5) is 39.9. The number of carbonyl (C=O) groups is 2. The molecule has 3 rings (SSSR count). The average Bonchev–Trinajstić information content (AvgIpc) is 3.29. The number of halogens is 1. The van der Waals surface area contributed by atoms with Crippen molar-refractivity contribution in [1.29, 1.82) is 0 Å². The fourth-order valence-corrected chi connectivity index (χ4v) is 3.87. The van der Waals surface area contributed by atoms with E-state index in [4.69, 9.17) is 16.3 Å². The molecule has 0 aliphatic rings. The summed E-state index contributed by atoms with van der Waals surface area (Å²) < 4.78 is 5.22. The molecule has 0 aliphatic carbocycles. The van der Waals surface area contributed by atoms with Gasteiger partial charge in [0.15, 0.2) is 0 Å². The molecule has 3 aromatic rings. The van der Waals surface area contributed by atoms with Gasteiger partial charge in [-0.2, -0.15) is 0 Å². The number of non-ortho nitro benzene ring substituents is 1. The number of nitrogens with one attached hydrogen (secondary N) is 3. The quantitative estimate of drug-likeness (QED) is 0.205. The lowest BCUT2D eigenvalue weighted by Crippen LogP contribution is -2.32. The van der Waals surface area contributed by atoms with Gasteiger partial charge in [-0.25, -0.2) is 4.98 Å². The number of nitro benzene ring substituents is 1. The average molecular weight is 519 g/mol. The monoisotopic (exact) mass is 518 g/mol. The highest BCUT2D eigenvalue weighted by Gasteiger charge is 2.24. The lowest BCUT2D eigenvalue weighted by Gasteiger charge is -2.19. The molecule has 3 N–H and O–H groups in total. The Bertz CT molecular complexity index is 1230. The van der Waals surface area contributed by atoms with E-state index in [1.165, 1.54) is 31.4 Å². The summed E-state index contributed by atoms with van der Waals surface area (Å²) in [6.07, 6.45) is 0. The Hall–Kier alpha value is -3.64. The summed E-state index contributed by atoms with van der Waals surface area (Å²) in [6, 6.07) is 9.83. The van der Waals surface area contributed by atoms with E-state index < -0.39 is 16.9 Å². The molecule has 2 amide bonds. The summed E-state index contributed by atoms with van der Waals surface area (Å²) in [7, 11) is 1.49. The van der Waals surface area contributed by atoms with Crippen LogP contribution >= 0.6 is 23.4 Å². The van der Waals surface area contributed by atoms with Crippen molar-refractivity contribution in [2.45, 2.75) is 25.0 Å². The fourth-order valence-electron chi connectivity index (χ4n) is 3.09. The zero-order valence-electron chi connectivity index (χ0n) is 19.1. The molecule has 0 bridgehead atoms. The van der Waals surface area contributed by atoms with E-state index in [1.807, 2.05) is 13.8 Å². The molecular formula is C22H23ClN6O5S. The van der Waals surface area contributed by atoms with Crippen LogP contribution in [0.4, 0.5) is 11.4 Å². The van der Waals surface area contributed by atoms with E-state index >= 15 is 0 Å². The second-order valence-electron chi connectivity index (χ2n) is 7.69. The molecule has 0 aliphatic heterocycles. The summed E-state index contributed by atoms with van der Waals surface area (Å²) in [6.45, 7) is 3.78. The topological polar surface area (TPSA) is 152 Å². The van der Waals surface area contributed by atoms with Crippen LogP contribution in [-0.4, -0.2) is 44.8 Å². The number of hydrogen-bond acceptors (Lipinski definition) is 8. The van der Waals surface area contributed by atoms with Crippen LogP contribution in [-0.2, 0) is 4.79 Å². The summed E-state index contributed by atoms with van der Waals surface area (Å²) in [5, 5.41) is 24.3. The first-order valence-electron chi connectivity index (χ1n) is 10.4. The first kappa shape index (κ1) is 26.0. The Balaban J connectivity index is 1.64. The van der Waals surface area contributed by atoms with Crippen LogP contribution in [0, 0.1) is 16.0 Å². The van der Waals surface area contributed by atoms with Crippen molar-refractivity contribution in [2.75, 3.05) is 18.2 Å². The molecule has 0 unspecified atom stereocenters. The number of hydrogen-bond donors (Lipinski definition) is 3. The van der Waals surface area contributed by atoms with Crippen molar-refractivity contribution < 1.29 is 19.2 Å². The van der Waals surface area contributed by atoms with E-state index in [0.717, 1.165) is 11.8 Å². The van der Waals surface area contributed by atoms with Gasteiger partial charge in [0.05, 0.1) is 29.5 Å². The number of amides is 2. The number of nitro groups is 1. The first-order valence-corrected chi connectivity index (χ1v) is 11.8. The fraction of sp³-hybridized carbons (Fsp3) is 0.273. The molecule has 1 atom stereocenters. The highest BCUT2D eigenvalue weighted by Crippen LogP contribution is 2.28. The van der Waals surface area contributed by atoms with E-state index in [0.29, 0.717) is 27.4 Å². The maximum atomic E-state index is 12.7. The number of ether oxygens (including phenoxy) is 1. The van der Waals surface area contributed by atoms with Gasteiger partial charge in [-0.15, -0.1) is 5.10 Å².